The number of halogens is 1. The van der Waals surface area contributed by atoms with Gasteiger partial charge >= 0.3 is 0 Å². The fraction of sp³-hybridized carbons (Fsp3) is 0.500. The fourth-order valence-electron chi connectivity index (χ4n) is 2.08. The number of nitrogens with zero attached hydrogens (tertiary/aromatic N) is 1. The first-order valence-electron chi connectivity index (χ1n) is 6.52. The molecule has 2 rings (SSSR count). The van der Waals surface area contributed by atoms with E-state index in [-0.39, 0.29) is 12.0 Å². The average molecular weight is 327 g/mol. The minimum absolute atomic E-state index is 0.0659. The molecule has 0 radical (unpaired) electrons. The van der Waals surface area contributed by atoms with E-state index in [1.54, 1.807) is 4.90 Å². The number of likely N-dealkylation sites (tertiary alicyclic amines) is 1. The van der Waals surface area contributed by atoms with Gasteiger partial charge in [0.05, 0.1) is 0 Å². The second-order valence-corrected chi connectivity index (χ2v) is 5.54. The standard InChI is InChI=1S/C14H19BrN2O2/c1-3-16-9-10-8-11(4-5-12(10)15)19-13-6-7-17(2)14(13)18/h4-5,8,13,16H,3,6-7,9H2,1-2H3. The van der Waals surface area contributed by atoms with Crippen LogP contribution in [0.1, 0.15) is 18.9 Å². The van der Waals surface area contributed by atoms with Crippen molar-refractivity contribution in [1.29, 1.82) is 0 Å². The summed E-state index contributed by atoms with van der Waals surface area (Å²) in [7, 11) is 1.81. The van der Waals surface area contributed by atoms with E-state index in [0.29, 0.717) is 0 Å². The van der Waals surface area contributed by atoms with Gasteiger partial charge in [-0.05, 0) is 30.3 Å². The summed E-state index contributed by atoms with van der Waals surface area (Å²) in [5.74, 6) is 0.820. The van der Waals surface area contributed by atoms with Crippen molar-refractivity contribution in [2.75, 3.05) is 20.1 Å². The van der Waals surface area contributed by atoms with Crippen LogP contribution in [0.5, 0.6) is 5.75 Å². The van der Waals surface area contributed by atoms with Gasteiger partial charge in [-0.15, -0.1) is 0 Å². The Morgan fingerprint density at radius 1 is 1.53 bits per heavy atom. The van der Waals surface area contributed by atoms with Crippen molar-refractivity contribution in [3.05, 3.63) is 28.2 Å². The van der Waals surface area contributed by atoms with Crippen molar-refractivity contribution in [3.63, 3.8) is 0 Å². The second kappa shape index (κ2) is 6.39. The van der Waals surface area contributed by atoms with Gasteiger partial charge in [0.1, 0.15) is 5.75 Å². The van der Waals surface area contributed by atoms with Crippen molar-refractivity contribution >= 4 is 21.8 Å². The zero-order valence-electron chi connectivity index (χ0n) is 11.3. The van der Waals surface area contributed by atoms with Gasteiger partial charge in [0.25, 0.3) is 5.91 Å². The fourth-order valence-corrected chi connectivity index (χ4v) is 2.47. The molecule has 4 nitrogen and oxygen atoms in total. The van der Waals surface area contributed by atoms with Crippen LogP contribution in [0.3, 0.4) is 0 Å². The maximum atomic E-state index is 11.8. The molecule has 0 saturated carbocycles. The van der Waals surface area contributed by atoms with Crippen LogP contribution >= 0.6 is 15.9 Å². The van der Waals surface area contributed by atoms with Crippen LogP contribution in [0.4, 0.5) is 0 Å². The van der Waals surface area contributed by atoms with Crippen LogP contribution in [0, 0.1) is 0 Å². The topological polar surface area (TPSA) is 41.6 Å². The molecule has 1 aliphatic rings. The quantitative estimate of drug-likeness (QED) is 0.901. The molecule has 5 heteroatoms. The number of carbonyl (C=O) groups excluding carboxylic acids is 1. The summed E-state index contributed by atoms with van der Waals surface area (Å²) in [6.45, 7) is 4.54. The van der Waals surface area contributed by atoms with E-state index in [0.717, 1.165) is 41.8 Å². The lowest BCUT2D eigenvalue weighted by molar-refractivity contribution is -0.132. The monoisotopic (exact) mass is 326 g/mol. The third-order valence-electron chi connectivity index (χ3n) is 3.24. The Kier molecular flexibility index (Phi) is 4.82. The molecular weight excluding hydrogens is 308 g/mol. The van der Waals surface area contributed by atoms with Crippen LogP contribution in [0.2, 0.25) is 0 Å². The lowest BCUT2D eigenvalue weighted by Gasteiger charge is -2.14. The number of likely N-dealkylation sites (N-methyl/N-ethyl adjacent to an activating group) is 1. The lowest BCUT2D eigenvalue weighted by atomic mass is 10.2. The number of hydrogen-bond donors (Lipinski definition) is 1. The van der Waals surface area contributed by atoms with E-state index >= 15 is 0 Å². The Labute approximate surface area is 122 Å². The molecule has 1 aliphatic heterocycles. The first-order valence-corrected chi connectivity index (χ1v) is 7.32. The van der Waals surface area contributed by atoms with Crippen molar-refractivity contribution in [2.24, 2.45) is 0 Å². The number of hydrogen-bond acceptors (Lipinski definition) is 3. The van der Waals surface area contributed by atoms with Crippen LogP contribution in [-0.2, 0) is 11.3 Å². The summed E-state index contributed by atoms with van der Waals surface area (Å²) in [5.41, 5.74) is 1.14. The normalized spacial score (nSPS) is 19.0. The zero-order valence-corrected chi connectivity index (χ0v) is 12.9. The predicted molar refractivity (Wildman–Crippen MR) is 78.2 cm³/mol. The van der Waals surface area contributed by atoms with Crippen LogP contribution in [0.25, 0.3) is 0 Å². The highest BCUT2D eigenvalue weighted by atomic mass is 79.9. The summed E-state index contributed by atoms with van der Waals surface area (Å²) >= 11 is 3.52. The van der Waals surface area contributed by atoms with E-state index in [1.807, 2.05) is 25.2 Å². The van der Waals surface area contributed by atoms with Crippen molar-refractivity contribution in [1.82, 2.24) is 10.2 Å². The van der Waals surface area contributed by atoms with E-state index in [4.69, 9.17) is 4.74 Å². The minimum atomic E-state index is -0.335. The first kappa shape index (κ1) is 14.3. The third kappa shape index (κ3) is 3.48. The summed E-state index contributed by atoms with van der Waals surface area (Å²) in [6.07, 6.45) is 0.423. The number of ether oxygens (including phenoxy) is 1. The van der Waals surface area contributed by atoms with Crippen LogP contribution in [0.15, 0.2) is 22.7 Å². The van der Waals surface area contributed by atoms with Gasteiger partial charge < -0.3 is 15.0 Å². The number of amides is 1. The highest BCUT2D eigenvalue weighted by molar-refractivity contribution is 9.10. The van der Waals surface area contributed by atoms with E-state index in [1.165, 1.54) is 0 Å². The largest absolute Gasteiger partial charge is 0.481 e. The maximum Gasteiger partial charge on any atom is 0.263 e. The Bertz CT molecular complexity index is 465. The molecule has 1 heterocycles. The number of nitrogens with one attached hydrogen (secondary N) is 1. The predicted octanol–water partition coefficient (Wildman–Crippen LogP) is 2.17. The SMILES string of the molecule is CCNCc1cc(OC2CCN(C)C2=O)ccc1Br. The molecule has 1 N–H and O–H groups in total. The summed E-state index contributed by atoms with van der Waals surface area (Å²) in [5, 5.41) is 3.28. The molecule has 1 amide bonds. The van der Waals surface area contributed by atoms with E-state index < -0.39 is 0 Å². The van der Waals surface area contributed by atoms with Gasteiger partial charge in [-0.2, -0.15) is 0 Å². The van der Waals surface area contributed by atoms with Gasteiger partial charge in [-0.25, -0.2) is 0 Å². The Morgan fingerprint density at radius 3 is 2.95 bits per heavy atom. The summed E-state index contributed by atoms with van der Waals surface area (Å²) < 4.78 is 6.85. The molecule has 1 aromatic rings. The van der Waals surface area contributed by atoms with Gasteiger partial charge in [0, 0.05) is 31.0 Å². The van der Waals surface area contributed by atoms with E-state index in [9.17, 15) is 4.79 Å². The van der Waals surface area contributed by atoms with Crippen molar-refractivity contribution in [2.45, 2.75) is 26.0 Å². The summed E-state index contributed by atoms with van der Waals surface area (Å²) in [6, 6.07) is 5.84. The number of benzene rings is 1. The molecule has 19 heavy (non-hydrogen) atoms. The van der Waals surface area contributed by atoms with E-state index in [2.05, 4.69) is 28.2 Å². The Hall–Kier alpha value is -1.07. The maximum absolute atomic E-state index is 11.8. The van der Waals surface area contributed by atoms with Crippen LogP contribution in [-0.4, -0.2) is 37.0 Å². The second-order valence-electron chi connectivity index (χ2n) is 4.69. The van der Waals surface area contributed by atoms with Crippen molar-refractivity contribution in [3.8, 4) is 5.75 Å². The number of rotatable bonds is 5. The first-order chi connectivity index (χ1) is 9.11. The Morgan fingerprint density at radius 2 is 2.32 bits per heavy atom. The summed E-state index contributed by atoms with van der Waals surface area (Å²) in [4.78, 5) is 13.5. The molecule has 1 saturated heterocycles. The molecule has 1 aromatic carbocycles. The molecular formula is C14H19BrN2O2. The number of carbonyl (C=O) groups is 1. The van der Waals surface area contributed by atoms with Gasteiger partial charge in [0.15, 0.2) is 6.10 Å². The van der Waals surface area contributed by atoms with Gasteiger partial charge in [0.2, 0.25) is 0 Å². The van der Waals surface area contributed by atoms with Crippen LogP contribution < -0.4 is 10.1 Å². The average Bonchev–Trinajstić information content (AvgIpc) is 2.71. The molecule has 0 spiro atoms. The van der Waals surface area contributed by atoms with Gasteiger partial charge in [-0.3, -0.25) is 4.79 Å². The molecule has 104 valence electrons. The smallest absolute Gasteiger partial charge is 0.263 e. The zero-order chi connectivity index (χ0) is 13.8. The van der Waals surface area contributed by atoms with Gasteiger partial charge in [-0.1, -0.05) is 22.9 Å². The molecule has 0 aliphatic carbocycles. The Balaban J connectivity index is 2.06. The van der Waals surface area contributed by atoms with Crippen molar-refractivity contribution < 1.29 is 9.53 Å². The molecule has 1 unspecified atom stereocenters. The molecule has 1 atom stereocenters. The highest BCUT2D eigenvalue weighted by Gasteiger charge is 2.30. The molecule has 1 fully saturated rings. The molecule has 0 aromatic heterocycles. The highest BCUT2D eigenvalue weighted by Crippen LogP contribution is 2.25. The molecule has 0 bridgehead atoms. The minimum Gasteiger partial charge on any atom is -0.481 e. The lowest BCUT2D eigenvalue weighted by Crippen LogP contribution is -2.29. The third-order valence-corrected chi connectivity index (χ3v) is 4.01.